The highest BCUT2D eigenvalue weighted by Gasteiger charge is 2.20. The van der Waals surface area contributed by atoms with Gasteiger partial charge in [0.1, 0.15) is 11.5 Å². The van der Waals surface area contributed by atoms with Gasteiger partial charge in [-0.05, 0) is 249 Å². The van der Waals surface area contributed by atoms with Gasteiger partial charge in [-0.25, -0.2) is 0 Å². The van der Waals surface area contributed by atoms with Crippen LogP contribution in [0.15, 0.2) is 442 Å². The average molecular weight is 1550 g/mol. The van der Waals surface area contributed by atoms with Gasteiger partial charge in [0.25, 0.3) is 11.4 Å². The third-order valence-corrected chi connectivity index (χ3v) is 19.8. The average Bonchev–Trinajstić information content (AvgIpc) is 0.816. The molecule has 0 spiro atoms. The minimum Gasteiger partial charge on any atom is -0.497 e. The van der Waals surface area contributed by atoms with Crippen LogP contribution in [0.2, 0.25) is 0 Å². The molecule has 0 unspecified atom stereocenters. The molecule has 1 aliphatic carbocycles. The van der Waals surface area contributed by atoms with Gasteiger partial charge in [-0.2, -0.15) is 0 Å². The van der Waals surface area contributed by atoms with E-state index in [1.165, 1.54) is 18.2 Å². The second-order valence-corrected chi connectivity index (χ2v) is 27.1. The molecule has 0 aliphatic heterocycles. The normalized spacial score (nSPS) is 10.8. The van der Waals surface area contributed by atoms with Crippen molar-refractivity contribution in [2.45, 2.75) is 0 Å². The number of nitrogens with zero attached hydrogens (tertiary/aromatic N) is 10. The van der Waals surface area contributed by atoms with E-state index in [1.807, 2.05) is 194 Å². The van der Waals surface area contributed by atoms with Gasteiger partial charge in [-0.3, -0.25) is 20.2 Å². The summed E-state index contributed by atoms with van der Waals surface area (Å²) in [4.78, 5) is 38.3. The van der Waals surface area contributed by atoms with Crippen LogP contribution in [0.5, 0.6) is 11.5 Å². The van der Waals surface area contributed by atoms with Crippen molar-refractivity contribution in [1.29, 1.82) is 0 Å². The fraction of sp³-hybridized carbons (Fsp3) is 0.0588. The number of nitro groups is 2. The molecule has 0 heterocycles. The lowest BCUT2D eigenvalue weighted by Crippen LogP contribution is -2.15. The Morgan fingerprint density at radius 2 is 0.483 bits per heavy atom. The molecule has 0 saturated heterocycles. The van der Waals surface area contributed by atoms with Gasteiger partial charge in [-0.1, -0.05) is 151 Å². The van der Waals surface area contributed by atoms with Crippen LogP contribution >= 0.6 is 0 Å². The molecule has 16 nitrogen and oxygen atoms in total. The third-order valence-electron chi connectivity index (χ3n) is 19.8. The van der Waals surface area contributed by atoms with Crippen LogP contribution in [-0.4, -0.2) is 52.3 Å². The van der Waals surface area contributed by atoms with Gasteiger partial charge in [0.05, 0.1) is 29.8 Å². The number of para-hydroxylation sites is 7. The quantitative estimate of drug-likeness (QED) is 0.0323. The number of non-ortho nitro benzene ring substituents is 2. The number of anilines is 19. The number of nitro benzene ring substituents is 2. The van der Waals surface area contributed by atoms with Crippen molar-refractivity contribution in [3.05, 3.63) is 462 Å². The maximum absolute atomic E-state index is 11.1. The lowest BCUT2D eigenvalue weighted by atomic mass is 10.1. The van der Waals surface area contributed by atoms with Gasteiger partial charge in [0.2, 0.25) is 0 Å². The Kier molecular flexibility index (Phi) is 26.9. The Morgan fingerprint density at radius 1 is 0.237 bits per heavy atom. The van der Waals surface area contributed by atoms with E-state index in [1.54, 1.807) is 38.5 Å². The number of hydrogen-bond donors (Lipinski definition) is 0. The van der Waals surface area contributed by atoms with E-state index >= 15 is 0 Å². The van der Waals surface area contributed by atoms with Gasteiger partial charge in [0.15, 0.2) is 0 Å². The largest absolute Gasteiger partial charge is 0.497 e. The number of methoxy groups -OCH3 is 2. The Labute approximate surface area is 689 Å². The van der Waals surface area contributed by atoms with E-state index < -0.39 is 0 Å². The first-order valence-corrected chi connectivity index (χ1v) is 38.3. The number of hydrogen-bond acceptors (Lipinski definition) is 14. The lowest BCUT2D eigenvalue weighted by molar-refractivity contribution is -0.385. The van der Waals surface area contributed by atoms with Crippen molar-refractivity contribution >= 4 is 119 Å². The molecule has 16 heteroatoms. The Morgan fingerprint density at radius 3 is 0.780 bits per heavy atom. The molecule has 15 aromatic rings. The van der Waals surface area contributed by atoms with Gasteiger partial charge < -0.3 is 48.7 Å². The van der Waals surface area contributed by atoms with Gasteiger partial charge >= 0.3 is 0 Å². The smallest absolute Gasteiger partial charge is 0.271 e. The molecule has 15 aromatic carbocycles. The van der Waals surface area contributed by atoms with Crippen LogP contribution in [0.4, 0.5) is 119 Å². The highest BCUT2D eigenvalue weighted by atomic mass is 16.6. The minimum absolute atomic E-state index is 0.0790. The zero-order valence-electron chi connectivity index (χ0n) is 66.3. The summed E-state index contributed by atoms with van der Waals surface area (Å²) < 4.78 is 10.6. The first-order chi connectivity index (χ1) is 57.8. The monoisotopic (exact) mass is 1550 g/mol. The van der Waals surface area contributed by atoms with Crippen molar-refractivity contribution in [1.82, 2.24) is 0 Å². The van der Waals surface area contributed by atoms with E-state index in [0.29, 0.717) is 0 Å². The summed E-state index contributed by atoms with van der Waals surface area (Å²) in [6, 6.07) is 135. The summed E-state index contributed by atoms with van der Waals surface area (Å²) in [5.74, 6) is 1.71. The van der Waals surface area contributed by atoms with Crippen molar-refractivity contribution in [3.8, 4) is 11.5 Å². The molecule has 0 bridgehead atoms. The molecule has 0 aromatic heterocycles. The van der Waals surface area contributed by atoms with E-state index in [4.69, 9.17) is 9.47 Å². The molecular formula is C102H88N10O6. The number of benzene rings is 15. The van der Waals surface area contributed by atoms with Crippen molar-refractivity contribution in [2.75, 3.05) is 81.6 Å². The van der Waals surface area contributed by atoms with Crippen LogP contribution in [-0.2, 0) is 0 Å². The minimum atomic E-state index is -0.389. The molecule has 0 N–H and O–H groups in total. The molecule has 0 fully saturated rings. The standard InChI is InChI=1S/C26H22N2O.C26H24N2O.2C25H21N3O2/c1-27(25-14-9-15-26(20-25)29-2)21-16-18-24(19-17-21)28(22-10-5-3-6-11-22)23-12-7-4-8-13-23;1-27(22-17-19-26(29-2)20-18-22)21-13-15-25(16-14-21)28(23-9-5-3-6-10-23)24-11-7-4-8-12-24;1-26(24-13-8-14-25(19-24)28(29)30)20-15-17-23(18-16-20)27(21-9-4-2-5-10-21)22-11-6-3-7-12-22;1-26(21-14-18-25(19-15-21)28(29)30)20-12-16-24(17-13-20)27(22-8-4-2-5-9-22)23-10-6-3-7-11-23/h3,5-7,9-20H,1-2H3;3-20H,1-2H3;2*2-19H,1H3. The van der Waals surface area contributed by atoms with Crippen molar-refractivity contribution in [2.24, 2.45) is 0 Å². The number of allylic oxidation sites excluding steroid dienone is 3. The predicted molar refractivity (Wildman–Crippen MR) is 487 cm³/mol. The molecule has 0 amide bonds. The van der Waals surface area contributed by atoms with Gasteiger partial charge in [-0.15, -0.1) is 0 Å². The number of ether oxygens (including phenoxy) is 2. The molecule has 1 aliphatic rings. The van der Waals surface area contributed by atoms with E-state index in [9.17, 15) is 20.2 Å². The second kappa shape index (κ2) is 39.5. The van der Waals surface area contributed by atoms with Crippen LogP contribution < -0.4 is 48.7 Å². The first kappa shape index (κ1) is 80.2. The molecule has 0 saturated carbocycles. The van der Waals surface area contributed by atoms with Crippen molar-refractivity contribution in [3.63, 3.8) is 0 Å². The fourth-order valence-electron chi connectivity index (χ4n) is 13.4. The first-order valence-electron chi connectivity index (χ1n) is 38.3. The van der Waals surface area contributed by atoms with Crippen LogP contribution in [0, 0.1) is 20.2 Å². The maximum atomic E-state index is 11.1. The molecule has 0 atom stereocenters. The topological polar surface area (TPSA) is 131 Å². The summed E-state index contributed by atoms with van der Waals surface area (Å²) in [6.07, 6.45) is 5.87. The molecule has 582 valence electrons. The van der Waals surface area contributed by atoms with Crippen LogP contribution in [0.3, 0.4) is 0 Å². The Hall–Kier alpha value is -15.9. The molecule has 0 radical (unpaired) electrons. The Bertz CT molecular complexity index is 5740. The fourth-order valence-corrected chi connectivity index (χ4v) is 13.4. The molecule has 118 heavy (non-hydrogen) atoms. The van der Waals surface area contributed by atoms with Crippen molar-refractivity contribution < 1.29 is 19.3 Å². The summed E-state index contributed by atoms with van der Waals surface area (Å²) in [5.41, 5.74) is 27.2. The van der Waals surface area contributed by atoms with Crippen LogP contribution in [0.25, 0.3) is 0 Å². The lowest BCUT2D eigenvalue weighted by Gasteiger charge is -2.27. The predicted octanol–water partition coefficient (Wildman–Crippen LogP) is 27.0. The summed E-state index contributed by atoms with van der Waals surface area (Å²) in [7, 11) is 11.3. The second-order valence-electron chi connectivity index (χ2n) is 27.1. The SMILES string of the molecule is CN(c1ccc(N(c2ccccc2)c2ccccc2)cc1)c1ccc([N+](=O)[O-])cc1.CN(c1ccc(N(c2ccccc2)c2ccccc2)cc1)c1cccc([N+](=O)[O-])c1.COc1ccc(N(C)c2ccc(N(c3ccccc3)c3ccccc3)cc2)cc1.COc1cccc(N(C)c2ccc(N(C3=CC=C=C=C3)c3ccccc3)cc2)c1. The van der Waals surface area contributed by atoms with E-state index in [2.05, 4.69) is 267 Å². The van der Waals surface area contributed by atoms with E-state index in [0.717, 1.165) is 125 Å². The van der Waals surface area contributed by atoms with E-state index in [-0.39, 0.29) is 21.2 Å². The third kappa shape index (κ3) is 20.3. The molecular weight excluding hydrogens is 1460 g/mol. The zero-order valence-corrected chi connectivity index (χ0v) is 66.3. The molecule has 16 rings (SSSR count). The summed E-state index contributed by atoms with van der Waals surface area (Å²) >= 11 is 0. The van der Waals surface area contributed by atoms with Crippen LogP contribution in [0.1, 0.15) is 0 Å². The maximum Gasteiger partial charge on any atom is 0.271 e. The number of rotatable bonds is 24. The summed E-state index contributed by atoms with van der Waals surface area (Å²) in [5, 5.41) is 22.0. The Balaban J connectivity index is 0.000000136. The highest BCUT2D eigenvalue weighted by molar-refractivity contribution is 5.82. The summed E-state index contributed by atoms with van der Waals surface area (Å²) in [6.45, 7) is 0. The van der Waals surface area contributed by atoms with Gasteiger partial charge in [0, 0.05) is 173 Å². The zero-order chi connectivity index (χ0) is 82.0. The highest BCUT2D eigenvalue weighted by Crippen LogP contribution is 2.41.